The molecule has 2 aromatic carbocycles. The third-order valence-electron chi connectivity index (χ3n) is 4.70. The van der Waals surface area contributed by atoms with Crippen molar-refractivity contribution < 1.29 is 13.2 Å². The van der Waals surface area contributed by atoms with Crippen molar-refractivity contribution in [3.05, 3.63) is 70.9 Å². The van der Waals surface area contributed by atoms with Crippen molar-refractivity contribution in [1.29, 1.82) is 0 Å². The van der Waals surface area contributed by atoms with Gasteiger partial charge in [0.2, 0.25) is 0 Å². The van der Waals surface area contributed by atoms with Crippen LogP contribution in [0.25, 0.3) is 0 Å². The molecule has 0 spiro atoms. The molecule has 0 saturated heterocycles. The van der Waals surface area contributed by atoms with Crippen LogP contribution in [0.4, 0.5) is 11.5 Å². The standard InChI is InChI=1S/C22H26N4O3S/c1-14-6-9-16(10-7-14)26-30(28,29)17-11-8-15(2)18(12-17)21(27)23-20-13-19(24-25-20)22(3,4)5/h6-13,26H,1-5H3,(H2,23,24,25,27). The molecule has 0 aliphatic carbocycles. The predicted octanol–water partition coefficient (Wildman–Crippen LogP) is 4.38. The summed E-state index contributed by atoms with van der Waals surface area (Å²) in [5.74, 6) is -0.0396. The van der Waals surface area contributed by atoms with Crippen molar-refractivity contribution in [3.8, 4) is 0 Å². The van der Waals surface area contributed by atoms with Crippen molar-refractivity contribution in [2.24, 2.45) is 0 Å². The number of sulfonamides is 1. The van der Waals surface area contributed by atoms with Gasteiger partial charge in [-0.1, -0.05) is 44.5 Å². The molecule has 0 atom stereocenters. The Balaban J connectivity index is 1.84. The van der Waals surface area contributed by atoms with Crippen LogP contribution in [0.5, 0.6) is 0 Å². The number of aromatic amines is 1. The maximum atomic E-state index is 12.8. The lowest BCUT2D eigenvalue weighted by Gasteiger charge is -2.14. The highest BCUT2D eigenvalue weighted by atomic mass is 32.2. The van der Waals surface area contributed by atoms with Gasteiger partial charge in [-0.15, -0.1) is 0 Å². The van der Waals surface area contributed by atoms with E-state index < -0.39 is 15.9 Å². The summed E-state index contributed by atoms with van der Waals surface area (Å²) in [5, 5.41) is 9.77. The van der Waals surface area contributed by atoms with Crippen LogP contribution in [-0.2, 0) is 15.4 Å². The molecule has 0 radical (unpaired) electrons. The van der Waals surface area contributed by atoms with E-state index in [4.69, 9.17) is 0 Å². The fraction of sp³-hybridized carbons (Fsp3) is 0.273. The van der Waals surface area contributed by atoms with Crippen molar-refractivity contribution in [2.45, 2.75) is 44.9 Å². The quantitative estimate of drug-likeness (QED) is 0.563. The lowest BCUT2D eigenvalue weighted by molar-refractivity contribution is 0.102. The number of H-pyrrole nitrogens is 1. The van der Waals surface area contributed by atoms with E-state index in [1.807, 2.05) is 39.8 Å². The molecule has 0 aliphatic heterocycles. The van der Waals surface area contributed by atoms with Crippen LogP contribution in [0, 0.1) is 13.8 Å². The smallest absolute Gasteiger partial charge is 0.261 e. The van der Waals surface area contributed by atoms with E-state index in [-0.39, 0.29) is 15.9 Å². The van der Waals surface area contributed by atoms with E-state index in [1.165, 1.54) is 12.1 Å². The molecule has 3 aromatic rings. The second-order valence-corrected chi connectivity index (χ2v) is 10.0. The number of aromatic nitrogens is 2. The first kappa shape index (κ1) is 21.6. The van der Waals surface area contributed by atoms with E-state index in [9.17, 15) is 13.2 Å². The van der Waals surface area contributed by atoms with E-state index in [0.29, 0.717) is 17.1 Å². The van der Waals surface area contributed by atoms with Crippen LogP contribution >= 0.6 is 0 Å². The number of hydrogen-bond acceptors (Lipinski definition) is 4. The average Bonchev–Trinajstić information content (AvgIpc) is 3.12. The molecule has 0 bridgehead atoms. The molecule has 30 heavy (non-hydrogen) atoms. The molecular formula is C22H26N4O3S. The van der Waals surface area contributed by atoms with Crippen LogP contribution < -0.4 is 10.0 Å². The lowest BCUT2D eigenvalue weighted by atomic mass is 9.92. The van der Waals surface area contributed by atoms with Crippen LogP contribution in [0.3, 0.4) is 0 Å². The van der Waals surface area contributed by atoms with Crippen molar-refractivity contribution in [3.63, 3.8) is 0 Å². The molecule has 158 valence electrons. The maximum absolute atomic E-state index is 12.8. The van der Waals surface area contributed by atoms with Gasteiger partial charge in [0.15, 0.2) is 5.82 Å². The zero-order chi connectivity index (χ0) is 22.1. The number of nitrogens with one attached hydrogen (secondary N) is 3. The summed E-state index contributed by atoms with van der Waals surface area (Å²) < 4.78 is 28.1. The van der Waals surface area contributed by atoms with Gasteiger partial charge in [0.05, 0.1) is 4.90 Å². The first-order valence-electron chi connectivity index (χ1n) is 9.53. The highest BCUT2D eigenvalue weighted by molar-refractivity contribution is 7.92. The minimum atomic E-state index is -3.84. The first-order chi connectivity index (χ1) is 14.0. The fourth-order valence-electron chi connectivity index (χ4n) is 2.80. The molecular weight excluding hydrogens is 400 g/mol. The monoisotopic (exact) mass is 426 g/mol. The molecule has 7 nitrogen and oxygen atoms in total. The Morgan fingerprint density at radius 1 is 1.00 bits per heavy atom. The molecule has 0 fully saturated rings. The number of benzene rings is 2. The second-order valence-electron chi connectivity index (χ2n) is 8.32. The molecule has 0 saturated carbocycles. The number of hydrogen-bond donors (Lipinski definition) is 3. The van der Waals surface area contributed by atoms with Gasteiger partial charge >= 0.3 is 0 Å². The van der Waals surface area contributed by atoms with Gasteiger partial charge in [0.25, 0.3) is 15.9 Å². The lowest BCUT2D eigenvalue weighted by Crippen LogP contribution is -2.17. The number of carbonyl (C=O) groups is 1. The van der Waals surface area contributed by atoms with Gasteiger partial charge in [-0.25, -0.2) is 8.42 Å². The van der Waals surface area contributed by atoms with Gasteiger partial charge in [-0.3, -0.25) is 14.6 Å². The molecule has 3 rings (SSSR count). The summed E-state index contributed by atoms with van der Waals surface area (Å²) in [5.41, 5.74) is 3.16. The molecule has 1 heterocycles. The number of rotatable bonds is 5. The van der Waals surface area contributed by atoms with Gasteiger partial charge in [-0.05, 0) is 43.7 Å². The van der Waals surface area contributed by atoms with Crippen LogP contribution in [0.15, 0.2) is 53.4 Å². The molecule has 1 amide bonds. The summed E-state index contributed by atoms with van der Waals surface area (Å²) >= 11 is 0. The first-order valence-corrected chi connectivity index (χ1v) is 11.0. The third kappa shape index (κ3) is 4.88. The highest BCUT2D eigenvalue weighted by Crippen LogP contribution is 2.23. The summed E-state index contributed by atoms with van der Waals surface area (Å²) in [6.07, 6.45) is 0. The van der Waals surface area contributed by atoms with Crippen LogP contribution in [0.1, 0.15) is 48.0 Å². The van der Waals surface area contributed by atoms with Crippen molar-refractivity contribution in [1.82, 2.24) is 10.2 Å². The zero-order valence-corrected chi connectivity index (χ0v) is 18.5. The third-order valence-corrected chi connectivity index (χ3v) is 6.07. The topological polar surface area (TPSA) is 104 Å². The number of amides is 1. The predicted molar refractivity (Wildman–Crippen MR) is 118 cm³/mol. The zero-order valence-electron chi connectivity index (χ0n) is 17.7. The number of anilines is 2. The Morgan fingerprint density at radius 3 is 2.27 bits per heavy atom. The summed E-state index contributed by atoms with van der Waals surface area (Å²) in [6.45, 7) is 9.78. The number of aryl methyl sites for hydroxylation is 2. The highest BCUT2D eigenvalue weighted by Gasteiger charge is 2.20. The number of nitrogens with zero attached hydrogens (tertiary/aromatic N) is 1. The largest absolute Gasteiger partial charge is 0.305 e. The van der Waals surface area contributed by atoms with Gasteiger partial charge in [-0.2, -0.15) is 5.10 Å². The van der Waals surface area contributed by atoms with Gasteiger partial charge < -0.3 is 5.32 Å². The Morgan fingerprint density at radius 2 is 1.67 bits per heavy atom. The van der Waals surface area contributed by atoms with E-state index in [1.54, 1.807) is 31.2 Å². The SMILES string of the molecule is Cc1ccc(NS(=O)(=O)c2ccc(C)c(C(=O)Nc3cc(C(C)(C)C)[nH]n3)c2)cc1. The summed E-state index contributed by atoms with van der Waals surface area (Å²) in [4.78, 5) is 12.8. The second kappa shape index (κ2) is 7.95. The van der Waals surface area contributed by atoms with E-state index in [2.05, 4.69) is 20.2 Å². The average molecular weight is 427 g/mol. The fourth-order valence-corrected chi connectivity index (χ4v) is 3.89. The Bertz CT molecular complexity index is 1170. The van der Waals surface area contributed by atoms with E-state index >= 15 is 0 Å². The van der Waals surface area contributed by atoms with Crippen molar-refractivity contribution >= 4 is 27.4 Å². The summed E-state index contributed by atoms with van der Waals surface area (Å²) in [7, 11) is -3.84. The van der Waals surface area contributed by atoms with Crippen LogP contribution in [-0.4, -0.2) is 24.5 Å². The van der Waals surface area contributed by atoms with E-state index in [0.717, 1.165) is 11.3 Å². The van der Waals surface area contributed by atoms with Gasteiger partial charge in [0, 0.05) is 28.4 Å². The number of carbonyl (C=O) groups excluding carboxylic acids is 1. The Kier molecular flexibility index (Phi) is 5.72. The molecule has 1 aromatic heterocycles. The van der Waals surface area contributed by atoms with Gasteiger partial charge in [0.1, 0.15) is 0 Å². The maximum Gasteiger partial charge on any atom is 0.261 e. The molecule has 8 heteroatoms. The molecule has 0 unspecified atom stereocenters. The normalized spacial score (nSPS) is 11.9. The minimum absolute atomic E-state index is 0.0104. The summed E-state index contributed by atoms with van der Waals surface area (Å²) in [6, 6.07) is 13.3. The molecule has 0 aliphatic rings. The Labute approximate surface area is 177 Å². The molecule has 3 N–H and O–H groups in total. The van der Waals surface area contributed by atoms with Crippen LogP contribution in [0.2, 0.25) is 0 Å². The van der Waals surface area contributed by atoms with Crippen molar-refractivity contribution in [2.75, 3.05) is 10.0 Å². The Hall–Kier alpha value is -3.13. The minimum Gasteiger partial charge on any atom is -0.305 e.